The Morgan fingerprint density at radius 1 is 1.40 bits per heavy atom. The number of aliphatic carboxylic acids is 1. The topological polar surface area (TPSA) is 83.9 Å². The van der Waals surface area contributed by atoms with E-state index in [-0.39, 0.29) is 17.3 Å². The lowest BCUT2D eigenvalue weighted by Gasteiger charge is -2.34. The first-order chi connectivity index (χ1) is 9.45. The van der Waals surface area contributed by atoms with E-state index in [2.05, 4.69) is 0 Å². The normalized spacial score (nSPS) is 19.9. The summed E-state index contributed by atoms with van der Waals surface area (Å²) in [5.41, 5.74) is 0.691. The molecule has 1 unspecified atom stereocenters. The van der Waals surface area contributed by atoms with Crippen LogP contribution in [-0.4, -0.2) is 51.0 Å². The number of carboxylic acid groups (broad SMARTS) is 1. The van der Waals surface area contributed by atoms with E-state index >= 15 is 0 Å². The molecule has 0 aliphatic carbocycles. The minimum atomic E-state index is -3.24. The van der Waals surface area contributed by atoms with Crippen LogP contribution >= 0.6 is 0 Å². The van der Waals surface area contributed by atoms with E-state index < -0.39 is 21.8 Å². The van der Waals surface area contributed by atoms with Gasteiger partial charge in [0.15, 0.2) is 15.9 Å². The van der Waals surface area contributed by atoms with Crippen molar-refractivity contribution >= 4 is 21.5 Å². The zero-order chi connectivity index (χ0) is 14.8. The van der Waals surface area contributed by atoms with Crippen molar-refractivity contribution in [3.8, 4) is 0 Å². The van der Waals surface area contributed by atoms with Crippen LogP contribution < -0.4 is 4.90 Å². The Balaban J connectivity index is 2.27. The molecule has 1 saturated heterocycles. The molecule has 0 bridgehead atoms. The lowest BCUT2D eigenvalue weighted by atomic mass is 10.2. The molecular weight excluding hydrogens is 282 g/mol. The van der Waals surface area contributed by atoms with E-state index in [1.165, 1.54) is 12.1 Å². The zero-order valence-corrected chi connectivity index (χ0v) is 12.0. The van der Waals surface area contributed by atoms with Gasteiger partial charge in [0.1, 0.15) is 0 Å². The second-order valence-electron chi connectivity index (χ2n) is 4.52. The van der Waals surface area contributed by atoms with Gasteiger partial charge in [0, 0.05) is 12.2 Å². The molecule has 0 radical (unpaired) electrons. The van der Waals surface area contributed by atoms with E-state index in [1.54, 1.807) is 24.0 Å². The first kappa shape index (κ1) is 14.8. The molecule has 6 nitrogen and oxygen atoms in total. The Labute approximate surface area is 117 Å². The maximum absolute atomic E-state index is 11.7. The van der Waals surface area contributed by atoms with Crippen LogP contribution in [0.15, 0.2) is 29.2 Å². The first-order valence-corrected chi connectivity index (χ1v) is 8.01. The number of hydrogen-bond donors (Lipinski definition) is 1. The summed E-state index contributed by atoms with van der Waals surface area (Å²) in [6.45, 7) is 2.64. The molecule has 110 valence electrons. The highest BCUT2D eigenvalue weighted by atomic mass is 32.2. The standard InChI is InChI=1S/C13H17NO5S/c1-2-20(17,18)11-5-3-10(4-6-11)14-7-8-19-9-12(14)13(15)16/h3-6,12H,2,7-9H2,1H3,(H,15,16). The van der Waals surface area contributed by atoms with Gasteiger partial charge < -0.3 is 14.7 Å². The van der Waals surface area contributed by atoms with E-state index in [9.17, 15) is 18.3 Å². The zero-order valence-electron chi connectivity index (χ0n) is 11.2. The first-order valence-electron chi connectivity index (χ1n) is 6.35. The van der Waals surface area contributed by atoms with Crippen molar-refractivity contribution in [2.24, 2.45) is 0 Å². The molecule has 1 aromatic carbocycles. The molecule has 2 rings (SSSR count). The Bertz CT molecular complexity index is 581. The Hall–Kier alpha value is -1.60. The van der Waals surface area contributed by atoms with Crippen LogP contribution in [-0.2, 0) is 19.4 Å². The fraction of sp³-hybridized carbons (Fsp3) is 0.462. The molecule has 1 atom stereocenters. The molecule has 1 N–H and O–H groups in total. The molecule has 1 aromatic rings. The highest BCUT2D eigenvalue weighted by molar-refractivity contribution is 7.91. The van der Waals surface area contributed by atoms with Crippen molar-refractivity contribution in [2.75, 3.05) is 30.4 Å². The lowest BCUT2D eigenvalue weighted by molar-refractivity contribution is -0.141. The highest BCUT2D eigenvalue weighted by Gasteiger charge is 2.29. The second-order valence-corrected chi connectivity index (χ2v) is 6.80. The number of anilines is 1. The largest absolute Gasteiger partial charge is 0.480 e. The average molecular weight is 299 g/mol. The van der Waals surface area contributed by atoms with Crippen LogP contribution in [0.3, 0.4) is 0 Å². The van der Waals surface area contributed by atoms with Crippen molar-refractivity contribution in [1.82, 2.24) is 0 Å². The summed E-state index contributed by atoms with van der Waals surface area (Å²) in [5.74, 6) is -0.906. The molecular formula is C13H17NO5S. The summed E-state index contributed by atoms with van der Waals surface area (Å²) in [6.07, 6.45) is 0. The van der Waals surface area contributed by atoms with Gasteiger partial charge >= 0.3 is 5.97 Å². The number of morpholine rings is 1. The van der Waals surface area contributed by atoms with Crippen LogP contribution in [0, 0.1) is 0 Å². The SMILES string of the molecule is CCS(=O)(=O)c1ccc(N2CCOCC2C(=O)O)cc1. The van der Waals surface area contributed by atoms with Crippen molar-refractivity contribution in [2.45, 2.75) is 17.9 Å². The van der Waals surface area contributed by atoms with Crippen LogP contribution in [0.1, 0.15) is 6.92 Å². The quantitative estimate of drug-likeness (QED) is 0.884. The van der Waals surface area contributed by atoms with E-state index in [0.717, 1.165) is 0 Å². The molecule has 0 amide bonds. The number of ether oxygens (including phenoxy) is 1. The molecule has 1 aliphatic rings. The van der Waals surface area contributed by atoms with Gasteiger partial charge in [0.05, 0.1) is 23.9 Å². The predicted molar refractivity (Wildman–Crippen MR) is 73.8 cm³/mol. The van der Waals surface area contributed by atoms with E-state index in [0.29, 0.717) is 18.8 Å². The van der Waals surface area contributed by atoms with E-state index in [1.807, 2.05) is 0 Å². The minimum absolute atomic E-state index is 0.0433. The number of carbonyl (C=O) groups is 1. The second kappa shape index (κ2) is 5.80. The third-order valence-corrected chi connectivity index (χ3v) is 5.07. The van der Waals surface area contributed by atoms with Crippen molar-refractivity contribution < 1.29 is 23.1 Å². The number of carboxylic acids is 1. The molecule has 0 saturated carbocycles. The molecule has 7 heteroatoms. The summed E-state index contributed by atoms with van der Waals surface area (Å²) < 4.78 is 28.6. The maximum atomic E-state index is 11.7. The maximum Gasteiger partial charge on any atom is 0.328 e. The van der Waals surface area contributed by atoms with E-state index in [4.69, 9.17) is 4.74 Å². The van der Waals surface area contributed by atoms with Crippen molar-refractivity contribution in [3.63, 3.8) is 0 Å². The summed E-state index contributed by atoms with van der Waals surface area (Å²) in [7, 11) is -3.24. The minimum Gasteiger partial charge on any atom is -0.480 e. The van der Waals surface area contributed by atoms with Gasteiger partial charge in [0.2, 0.25) is 0 Å². The summed E-state index contributed by atoms with van der Waals surface area (Å²) in [6, 6.07) is 5.58. The van der Waals surface area contributed by atoms with Gasteiger partial charge in [-0.2, -0.15) is 0 Å². The van der Waals surface area contributed by atoms with Gasteiger partial charge in [0.25, 0.3) is 0 Å². The summed E-state index contributed by atoms with van der Waals surface area (Å²) >= 11 is 0. The number of sulfone groups is 1. The Kier molecular flexibility index (Phi) is 4.29. The number of nitrogens with zero attached hydrogens (tertiary/aromatic N) is 1. The lowest BCUT2D eigenvalue weighted by Crippen LogP contribution is -2.50. The highest BCUT2D eigenvalue weighted by Crippen LogP contribution is 2.22. The van der Waals surface area contributed by atoms with Gasteiger partial charge in [-0.05, 0) is 24.3 Å². The summed E-state index contributed by atoms with van der Waals surface area (Å²) in [5, 5.41) is 9.17. The van der Waals surface area contributed by atoms with Crippen LogP contribution in [0.2, 0.25) is 0 Å². The predicted octanol–water partition coefficient (Wildman–Crippen LogP) is 0.770. The van der Waals surface area contributed by atoms with Gasteiger partial charge in [-0.1, -0.05) is 6.92 Å². The number of hydrogen-bond acceptors (Lipinski definition) is 5. The number of rotatable bonds is 4. The average Bonchev–Trinajstić information content (AvgIpc) is 2.47. The van der Waals surface area contributed by atoms with Crippen molar-refractivity contribution in [1.29, 1.82) is 0 Å². The van der Waals surface area contributed by atoms with Crippen LogP contribution in [0.25, 0.3) is 0 Å². The molecule has 1 heterocycles. The fourth-order valence-electron chi connectivity index (χ4n) is 2.13. The Morgan fingerprint density at radius 3 is 2.60 bits per heavy atom. The van der Waals surface area contributed by atoms with Crippen molar-refractivity contribution in [3.05, 3.63) is 24.3 Å². The molecule has 1 aliphatic heterocycles. The molecule has 20 heavy (non-hydrogen) atoms. The van der Waals surface area contributed by atoms with Gasteiger partial charge in [-0.25, -0.2) is 13.2 Å². The van der Waals surface area contributed by atoms with Crippen LogP contribution in [0.4, 0.5) is 5.69 Å². The number of benzene rings is 1. The fourth-order valence-corrected chi connectivity index (χ4v) is 3.01. The summed E-state index contributed by atoms with van der Waals surface area (Å²) in [4.78, 5) is 13.2. The van der Waals surface area contributed by atoms with Gasteiger partial charge in [-0.3, -0.25) is 0 Å². The van der Waals surface area contributed by atoms with Gasteiger partial charge in [-0.15, -0.1) is 0 Å². The van der Waals surface area contributed by atoms with Crippen LogP contribution in [0.5, 0.6) is 0 Å². The third kappa shape index (κ3) is 2.94. The smallest absolute Gasteiger partial charge is 0.328 e. The monoisotopic (exact) mass is 299 g/mol. The third-order valence-electron chi connectivity index (χ3n) is 3.32. The molecule has 0 spiro atoms. The Morgan fingerprint density at radius 2 is 2.05 bits per heavy atom. The molecule has 1 fully saturated rings. The molecule has 0 aromatic heterocycles.